The van der Waals surface area contributed by atoms with Crippen LogP contribution in [0.2, 0.25) is 0 Å². The second-order valence-electron chi connectivity index (χ2n) is 5.83. The zero-order valence-electron chi connectivity index (χ0n) is 13.0. The molecular weight excluding hydrogens is 270 g/mol. The number of rotatable bonds is 8. The largest absolute Gasteiger partial charge is 0.309 e. The smallest absolute Gasteiger partial charge is 0.152 e. The van der Waals surface area contributed by atoms with E-state index in [1.807, 2.05) is 45.0 Å². The van der Waals surface area contributed by atoms with Crippen molar-refractivity contribution in [3.63, 3.8) is 0 Å². The molecule has 0 aliphatic carbocycles. The molecule has 0 aliphatic rings. The van der Waals surface area contributed by atoms with E-state index < -0.39 is 9.84 Å². The van der Waals surface area contributed by atoms with Gasteiger partial charge in [0, 0.05) is 6.04 Å². The minimum absolute atomic E-state index is 0.111. The Kier molecular flexibility index (Phi) is 6.69. The van der Waals surface area contributed by atoms with Gasteiger partial charge >= 0.3 is 0 Å². The number of nitrogens with one attached hydrogen (secondary N) is 1. The molecule has 1 unspecified atom stereocenters. The van der Waals surface area contributed by atoms with Crippen molar-refractivity contribution in [1.29, 1.82) is 0 Å². The van der Waals surface area contributed by atoms with E-state index in [1.165, 1.54) is 0 Å². The van der Waals surface area contributed by atoms with E-state index in [1.54, 1.807) is 0 Å². The first kappa shape index (κ1) is 17.2. The Balaban J connectivity index is 2.93. The Labute approximate surface area is 123 Å². The average molecular weight is 297 g/mol. The van der Waals surface area contributed by atoms with Crippen molar-refractivity contribution in [2.75, 3.05) is 18.1 Å². The Morgan fingerprint density at radius 2 is 1.80 bits per heavy atom. The molecule has 0 amide bonds. The van der Waals surface area contributed by atoms with Crippen LogP contribution in [-0.2, 0) is 9.84 Å². The maximum atomic E-state index is 12.3. The van der Waals surface area contributed by atoms with Gasteiger partial charge in [-0.25, -0.2) is 8.42 Å². The highest BCUT2D eigenvalue weighted by molar-refractivity contribution is 7.91. The molecule has 0 bridgehead atoms. The van der Waals surface area contributed by atoms with Crippen LogP contribution < -0.4 is 5.32 Å². The SMILES string of the molecule is CCCNC(CS(=O)(=O)CC(C)C)c1ccccc1C. The van der Waals surface area contributed by atoms with Crippen LogP contribution in [0.3, 0.4) is 0 Å². The second kappa shape index (κ2) is 7.79. The molecule has 1 N–H and O–H groups in total. The molecule has 0 spiro atoms. The lowest BCUT2D eigenvalue weighted by Crippen LogP contribution is -2.31. The molecule has 0 aromatic heterocycles. The van der Waals surface area contributed by atoms with Crippen LogP contribution in [-0.4, -0.2) is 26.5 Å². The van der Waals surface area contributed by atoms with Crippen LogP contribution in [0.15, 0.2) is 24.3 Å². The van der Waals surface area contributed by atoms with Crippen LogP contribution in [0.1, 0.15) is 44.4 Å². The predicted octanol–water partition coefficient (Wildman–Crippen LogP) is 3.11. The van der Waals surface area contributed by atoms with E-state index in [0.29, 0.717) is 0 Å². The van der Waals surface area contributed by atoms with Crippen molar-refractivity contribution in [1.82, 2.24) is 5.32 Å². The maximum absolute atomic E-state index is 12.3. The molecule has 0 fully saturated rings. The van der Waals surface area contributed by atoms with Crippen molar-refractivity contribution in [3.05, 3.63) is 35.4 Å². The van der Waals surface area contributed by atoms with Crippen molar-refractivity contribution < 1.29 is 8.42 Å². The zero-order valence-corrected chi connectivity index (χ0v) is 13.8. The number of hydrogen-bond donors (Lipinski definition) is 1. The van der Waals surface area contributed by atoms with Crippen LogP contribution in [0.25, 0.3) is 0 Å². The molecule has 3 nitrogen and oxygen atoms in total. The fourth-order valence-corrected chi connectivity index (χ4v) is 4.34. The van der Waals surface area contributed by atoms with Crippen LogP contribution >= 0.6 is 0 Å². The van der Waals surface area contributed by atoms with E-state index in [2.05, 4.69) is 12.2 Å². The second-order valence-corrected chi connectivity index (χ2v) is 7.99. The topological polar surface area (TPSA) is 46.2 Å². The Hall–Kier alpha value is -0.870. The summed E-state index contributed by atoms with van der Waals surface area (Å²) in [5, 5.41) is 3.38. The van der Waals surface area contributed by atoms with Crippen molar-refractivity contribution >= 4 is 9.84 Å². The summed E-state index contributed by atoms with van der Waals surface area (Å²) >= 11 is 0. The highest BCUT2D eigenvalue weighted by Crippen LogP contribution is 2.20. The molecule has 0 heterocycles. The van der Waals surface area contributed by atoms with E-state index in [9.17, 15) is 8.42 Å². The van der Waals surface area contributed by atoms with E-state index in [-0.39, 0.29) is 23.5 Å². The van der Waals surface area contributed by atoms with Crippen LogP contribution in [0.5, 0.6) is 0 Å². The van der Waals surface area contributed by atoms with Gasteiger partial charge in [-0.15, -0.1) is 0 Å². The first-order chi connectivity index (χ1) is 9.35. The summed E-state index contributed by atoms with van der Waals surface area (Å²) < 4.78 is 24.5. The molecule has 1 rings (SSSR count). The summed E-state index contributed by atoms with van der Waals surface area (Å²) in [5.74, 6) is 0.600. The standard InChI is InChI=1S/C16H27NO2S/c1-5-10-17-16(12-20(18,19)11-13(2)3)15-9-7-6-8-14(15)4/h6-9,13,16-17H,5,10-12H2,1-4H3. The van der Waals surface area contributed by atoms with Gasteiger partial charge in [0.1, 0.15) is 0 Å². The number of sulfone groups is 1. The average Bonchev–Trinajstić information content (AvgIpc) is 2.33. The summed E-state index contributed by atoms with van der Waals surface area (Å²) in [4.78, 5) is 0. The molecule has 20 heavy (non-hydrogen) atoms. The lowest BCUT2D eigenvalue weighted by molar-refractivity contribution is 0.539. The number of benzene rings is 1. The van der Waals surface area contributed by atoms with Crippen molar-refractivity contribution in [2.45, 2.75) is 40.2 Å². The van der Waals surface area contributed by atoms with E-state index >= 15 is 0 Å². The quantitative estimate of drug-likeness (QED) is 0.802. The molecule has 0 saturated carbocycles. The summed E-state index contributed by atoms with van der Waals surface area (Å²) in [5.41, 5.74) is 2.23. The molecule has 1 aromatic carbocycles. The third kappa shape index (κ3) is 5.63. The fraction of sp³-hybridized carbons (Fsp3) is 0.625. The molecule has 1 aromatic rings. The third-order valence-corrected chi connectivity index (χ3v) is 5.23. The maximum Gasteiger partial charge on any atom is 0.152 e. The highest BCUT2D eigenvalue weighted by atomic mass is 32.2. The van der Waals surface area contributed by atoms with Crippen molar-refractivity contribution in [2.24, 2.45) is 5.92 Å². The van der Waals surface area contributed by atoms with Gasteiger partial charge in [0.2, 0.25) is 0 Å². The molecule has 0 saturated heterocycles. The fourth-order valence-electron chi connectivity index (χ4n) is 2.38. The summed E-state index contributed by atoms with van der Waals surface area (Å²) in [7, 11) is -3.04. The minimum Gasteiger partial charge on any atom is -0.309 e. The molecule has 1 atom stereocenters. The third-order valence-electron chi connectivity index (χ3n) is 3.21. The van der Waals surface area contributed by atoms with Gasteiger partial charge in [-0.05, 0) is 36.9 Å². The van der Waals surface area contributed by atoms with Gasteiger partial charge < -0.3 is 5.32 Å². The highest BCUT2D eigenvalue weighted by Gasteiger charge is 2.22. The lowest BCUT2D eigenvalue weighted by atomic mass is 10.0. The van der Waals surface area contributed by atoms with Gasteiger partial charge in [0.05, 0.1) is 11.5 Å². The molecule has 4 heteroatoms. The molecule has 0 radical (unpaired) electrons. The first-order valence-corrected chi connectivity index (χ1v) is 9.17. The van der Waals surface area contributed by atoms with Gasteiger partial charge in [-0.1, -0.05) is 45.0 Å². The Bertz CT molecular complexity index is 509. The normalized spacial score (nSPS) is 13.7. The summed E-state index contributed by atoms with van der Waals surface area (Å²) in [6.45, 7) is 8.84. The van der Waals surface area contributed by atoms with E-state index in [4.69, 9.17) is 0 Å². The summed E-state index contributed by atoms with van der Waals surface area (Å²) in [6, 6.07) is 7.90. The number of hydrogen-bond acceptors (Lipinski definition) is 3. The lowest BCUT2D eigenvalue weighted by Gasteiger charge is -2.21. The van der Waals surface area contributed by atoms with Gasteiger partial charge in [0.25, 0.3) is 0 Å². The Morgan fingerprint density at radius 3 is 2.35 bits per heavy atom. The predicted molar refractivity (Wildman–Crippen MR) is 85.7 cm³/mol. The van der Waals surface area contributed by atoms with Gasteiger partial charge in [0.15, 0.2) is 9.84 Å². The molecule has 0 aliphatic heterocycles. The minimum atomic E-state index is -3.04. The Morgan fingerprint density at radius 1 is 1.15 bits per heavy atom. The van der Waals surface area contributed by atoms with Gasteiger partial charge in [-0.3, -0.25) is 0 Å². The van der Waals surface area contributed by atoms with Gasteiger partial charge in [-0.2, -0.15) is 0 Å². The zero-order chi connectivity index (χ0) is 15.2. The monoisotopic (exact) mass is 297 g/mol. The number of aryl methyl sites for hydroxylation is 1. The van der Waals surface area contributed by atoms with Crippen molar-refractivity contribution in [3.8, 4) is 0 Å². The first-order valence-electron chi connectivity index (χ1n) is 7.35. The van der Waals surface area contributed by atoms with Crippen LogP contribution in [0, 0.1) is 12.8 Å². The molecule has 114 valence electrons. The van der Waals surface area contributed by atoms with E-state index in [0.717, 1.165) is 24.1 Å². The van der Waals surface area contributed by atoms with Crippen LogP contribution in [0.4, 0.5) is 0 Å². The molecular formula is C16H27NO2S. The summed E-state index contributed by atoms with van der Waals surface area (Å²) in [6.07, 6.45) is 0.993.